The molecule has 0 unspecified atom stereocenters. The average molecular weight is 287 g/mol. The van der Waals surface area contributed by atoms with Crippen LogP contribution in [0.5, 0.6) is 0 Å². The van der Waals surface area contributed by atoms with E-state index in [0.717, 1.165) is 16.9 Å². The molecule has 0 amide bonds. The van der Waals surface area contributed by atoms with Crippen LogP contribution in [-0.4, -0.2) is 19.9 Å². The molecule has 4 aromatic rings. The summed E-state index contributed by atoms with van der Waals surface area (Å²) in [4.78, 5) is 18.3. The Labute approximate surface area is 127 Å². The van der Waals surface area contributed by atoms with Crippen molar-refractivity contribution in [1.29, 1.82) is 0 Å². The number of fused-ring (bicyclic) bond motifs is 1. The first-order chi connectivity index (χ1) is 10.9. The zero-order valence-corrected chi connectivity index (χ0v) is 11.7. The third-order valence-corrected chi connectivity index (χ3v) is 3.39. The number of H-pyrrole nitrogens is 1. The first-order valence-electron chi connectivity index (χ1n) is 6.98. The van der Waals surface area contributed by atoms with Crippen molar-refractivity contribution < 1.29 is 0 Å². The number of anilines is 3. The van der Waals surface area contributed by atoms with Gasteiger partial charge in [-0.25, -0.2) is 9.97 Å². The number of nitrogens with one attached hydrogen (secondary N) is 1. The summed E-state index contributed by atoms with van der Waals surface area (Å²) < 4.78 is 0. The molecule has 0 spiro atoms. The maximum atomic E-state index is 4.56. The number of imidazole rings is 1. The van der Waals surface area contributed by atoms with E-state index in [2.05, 4.69) is 19.9 Å². The number of aromatic nitrogens is 4. The Hall–Kier alpha value is -3.21. The number of aromatic amines is 1. The van der Waals surface area contributed by atoms with Gasteiger partial charge in [-0.15, -0.1) is 0 Å². The minimum atomic E-state index is 0.594. The molecule has 0 radical (unpaired) electrons. The van der Waals surface area contributed by atoms with Crippen molar-refractivity contribution in [2.75, 3.05) is 4.90 Å². The van der Waals surface area contributed by atoms with E-state index in [1.54, 1.807) is 12.5 Å². The highest BCUT2D eigenvalue weighted by Gasteiger charge is 2.15. The summed E-state index contributed by atoms with van der Waals surface area (Å²) in [5.41, 5.74) is 3.49. The van der Waals surface area contributed by atoms with Crippen molar-refractivity contribution in [1.82, 2.24) is 19.9 Å². The maximum Gasteiger partial charge on any atom is 0.236 e. The second-order valence-electron chi connectivity index (χ2n) is 4.82. The zero-order chi connectivity index (χ0) is 14.8. The minimum absolute atomic E-state index is 0.594. The van der Waals surface area contributed by atoms with E-state index in [9.17, 15) is 0 Å². The minimum Gasteiger partial charge on any atom is -0.342 e. The Bertz CT molecular complexity index is 847. The van der Waals surface area contributed by atoms with E-state index >= 15 is 0 Å². The SMILES string of the molecule is c1ccc(N(c2ccccc2)c2ncc3[nH]cnc3n2)cc1. The van der Waals surface area contributed by atoms with Gasteiger partial charge in [0.2, 0.25) is 5.95 Å². The van der Waals surface area contributed by atoms with Crippen molar-refractivity contribution in [2.45, 2.75) is 0 Å². The van der Waals surface area contributed by atoms with Crippen LogP contribution in [0.1, 0.15) is 0 Å². The van der Waals surface area contributed by atoms with Crippen LogP contribution < -0.4 is 4.90 Å². The van der Waals surface area contributed by atoms with Gasteiger partial charge in [-0.1, -0.05) is 36.4 Å². The number of hydrogen-bond donors (Lipinski definition) is 1. The zero-order valence-electron chi connectivity index (χ0n) is 11.7. The van der Waals surface area contributed by atoms with Gasteiger partial charge in [0.1, 0.15) is 5.52 Å². The Morgan fingerprint density at radius 1 is 0.773 bits per heavy atom. The molecular weight excluding hydrogens is 274 g/mol. The predicted octanol–water partition coefficient (Wildman–Crippen LogP) is 3.82. The standard InChI is InChI=1S/C17H13N5/c1-3-7-13(8-4-1)22(14-9-5-2-6-10-14)17-18-11-15-16(21-17)20-12-19-15/h1-12H,(H,18,19,20,21). The van der Waals surface area contributed by atoms with Gasteiger partial charge in [0.25, 0.3) is 0 Å². The number of hydrogen-bond acceptors (Lipinski definition) is 4. The van der Waals surface area contributed by atoms with Crippen LogP contribution in [-0.2, 0) is 0 Å². The van der Waals surface area contributed by atoms with Gasteiger partial charge in [-0.3, -0.25) is 4.90 Å². The number of rotatable bonds is 3. The predicted molar refractivity (Wildman–Crippen MR) is 86.4 cm³/mol. The molecule has 2 aromatic heterocycles. The number of para-hydroxylation sites is 2. The van der Waals surface area contributed by atoms with Crippen LogP contribution in [0.3, 0.4) is 0 Å². The third kappa shape index (κ3) is 2.18. The van der Waals surface area contributed by atoms with Crippen LogP contribution in [0.2, 0.25) is 0 Å². The molecule has 0 aliphatic heterocycles. The van der Waals surface area contributed by atoms with E-state index in [4.69, 9.17) is 0 Å². The molecule has 0 saturated carbocycles. The van der Waals surface area contributed by atoms with E-state index in [0.29, 0.717) is 11.6 Å². The lowest BCUT2D eigenvalue weighted by atomic mass is 10.2. The van der Waals surface area contributed by atoms with E-state index in [-0.39, 0.29) is 0 Å². The fourth-order valence-electron chi connectivity index (χ4n) is 2.37. The second-order valence-corrected chi connectivity index (χ2v) is 4.82. The smallest absolute Gasteiger partial charge is 0.236 e. The van der Waals surface area contributed by atoms with Gasteiger partial charge in [-0.05, 0) is 24.3 Å². The summed E-state index contributed by atoms with van der Waals surface area (Å²) in [5.74, 6) is 0.594. The largest absolute Gasteiger partial charge is 0.342 e. The molecule has 0 bridgehead atoms. The highest BCUT2D eigenvalue weighted by atomic mass is 15.3. The molecule has 0 fully saturated rings. The van der Waals surface area contributed by atoms with Crippen LogP contribution in [0.4, 0.5) is 17.3 Å². The van der Waals surface area contributed by atoms with Gasteiger partial charge in [0.15, 0.2) is 5.65 Å². The van der Waals surface area contributed by atoms with Gasteiger partial charge in [-0.2, -0.15) is 4.98 Å². The molecule has 0 atom stereocenters. The summed E-state index contributed by atoms with van der Waals surface area (Å²) in [7, 11) is 0. The number of nitrogens with zero attached hydrogens (tertiary/aromatic N) is 4. The van der Waals surface area contributed by atoms with Crippen molar-refractivity contribution in [3.8, 4) is 0 Å². The lowest BCUT2D eigenvalue weighted by molar-refractivity contribution is 1.10. The van der Waals surface area contributed by atoms with Crippen LogP contribution in [0, 0.1) is 0 Å². The first kappa shape index (κ1) is 12.5. The highest BCUT2D eigenvalue weighted by molar-refractivity contribution is 5.76. The molecule has 4 rings (SSSR count). The lowest BCUT2D eigenvalue weighted by Gasteiger charge is -2.22. The Balaban J connectivity index is 1.90. The molecule has 0 aliphatic rings. The Kier molecular flexibility index (Phi) is 3.01. The average Bonchev–Trinajstić information content (AvgIpc) is 3.05. The molecule has 2 aromatic carbocycles. The molecule has 1 N–H and O–H groups in total. The molecular formula is C17H13N5. The van der Waals surface area contributed by atoms with Gasteiger partial charge >= 0.3 is 0 Å². The third-order valence-electron chi connectivity index (χ3n) is 3.39. The highest BCUT2D eigenvalue weighted by Crippen LogP contribution is 2.31. The van der Waals surface area contributed by atoms with Crippen molar-refractivity contribution in [3.63, 3.8) is 0 Å². The molecule has 0 aliphatic carbocycles. The quantitative estimate of drug-likeness (QED) is 0.622. The van der Waals surface area contributed by atoms with Crippen LogP contribution in [0.15, 0.2) is 73.2 Å². The normalized spacial score (nSPS) is 10.7. The topological polar surface area (TPSA) is 57.7 Å². The van der Waals surface area contributed by atoms with Crippen molar-refractivity contribution >= 4 is 28.5 Å². The monoisotopic (exact) mass is 287 g/mol. The molecule has 0 saturated heterocycles. The fourth-order valence-corrected chi connectivity index (χ4v) is 2.37. The summed E-state index contributed by atoms with van der Waals surface area (Å²) in [6.07, 6.45) is 3.38. The van der Waals surface area contributed by atoms with Gasteiger partial charge in [0, 0.05) is 11.4 Å². The molecule has 106 valence electrons. The second kappa shape index (κ2) is 5.29. The van der Waals surface area contributed by atoms with Gasteiger partial charge < -0.3 is 4.98 Å². The number of benzene rings is 2. The van der Waals surface area contributed by atoms with Crippen LogP contribution in [0.25, 0.3) is 11.2 Å². The molecule has 5 nitrogen and oxygen atoms in total. The molecule has 5 heteroatoms. The Morgan fingerprint density at radius 3 is 2.05 bits per heavy atom. The van der Waals surface area contributed by atoms with E-state index in [1.807, 2.05) is 65.6 Å². The lowest BCUT2D eigenvalue weighted by Crippen LogP contribution is -2.13. The summed E-state index contributed by atoms with van der Waals surface area (Å²) in [5, 5.41) is 0. The molecule has 22 heavy (non-hydrogen) atoms. The summed E-state index contributed by atoms with van der Waals surface area (Å²) >= 11 is 0. The summed E-state index contributed by atoms with van der Waals surface area (Å²) in [6.45, 7) is 0. The van der Waals surface area contributed by atoms with Crippen molar-refractivity contribution in [2.24, 2.45) is 0 Å². The fraction of sp³-hybridized carbons (Fsp3) is 0. The van der Waals surface area contributed by atoms with Crippen LogP contribution >= 0.6 is 0 Å². The summed E-state index contributed by atoms with van der Waals surface area (Å²) in [6, 6.07) is 20.1. The maximum absolute atomic E-state index is 4.56. The Morgan fingerprint density at radius 2 is 1.41 bits per heavy atom. The first-order valence-corrected chi connectivity index (χ1v) is 6.98. The molecule has 2 heterocycles. The van der Waals surface area contributed by atoms with Gasteiger partial charge in [0.05, 0.1) is 12.5 Å². The van der Waals surface area contributed by atoms with Crippen molar-refractivity contribution in [3.05, 3.63) is 73.2 Å². The van der Waals surface area contributed by atoms with E-state index < -0.39 is 0 Å². The van der Waals surface area contributed by atoms with E-state index in [1.165, 1.54) is 0 Å².